The van der Waals surface area contributed by atoms with Crippen LogP contribution in [0.2, 0.25) is 0 Å². The van der Waals surface area contributed by atoms with Gasteiger partial charge in [-0.2, -0.15) is 0 Å². The highest BCUT2D eigenvalue weighted by Crippen LogP contribution is 2.44. The lowest BCUT2D eigenvalue weighted by molar-refractivity contribution is 0.349. The van der Waals surface area contributed by atoms with Crippen molar-refractivity contribution in [2.45, 2.75) is 43.5 Å². The van der Waals surface area contributed by atoms with Crippen LogP contribution in [0.4, 0.5) is 0 Å². The Kier molecular flexibility index (Phi) is 4.90. The molecule has 1 aliphatic heterocycles. The van der Waals surface area contributed by atoms with Gasteiger partial charge in [-0.15, -0.1) is 11.6 Å². The van der Waals surface area contributed by atoms with Gasteiger partial charge in [0, 0.05) is 22.9 Å². The van der Waals surface area contributed by atoms with Crippen molar-refractivity contribution in [3.8, 4) is 11.5 Å². The van der Waals surface area contributed by atoms with E-state index in [0.717, 1.165) is 34.8 Å². The van der Waals surface area contributed by atoms with E-state index in [1.54, 1.807) is 14.2 Å². The second kappa shape index (κ2) is 7.32. The minimum Gasteiger partial charge on any atom is -0.493 e. The fourth-order valence-corrected chi connectivity index (χ4v) is 4.43. The SMILES string of the molecule is COc1cc2c(cc1OC)[C@@H]1CCCC[C@@H]1N=C2c1ccc(CCl)cc1. The molecule has 26 heavy (non-hydrogen) atoms. The maximum absolute atomic E-state index is 5.95. The molecule has 2 aromatic rings. The first kappa shape index (κ1) is 17.4. The number of methoxy groups -OCH3 is 2. The molecule has 3 nitrogen and oxygen atoms in total. The van der Waals surface area contributed by atoms with Gasteiger partial charge in [0.2, 0.25) is 0 Å². The van der Waals surface area contributed by atoms with E-state index in [1.807, 2.05) is 0 Å². The predicted octanol–water partition coefficient (Wildman–Crippen LogP) is 5.32. The molecule has 136 valence electrons. The minimum atomic E-state index is 0.358. The monoisotopic (exact) mass is 369 g/mol. The first-order valence-corrected chi connectivity index (χ1v) is 9.78. The van der Waals surface area contributed by atoms with Gasteiger partial charge >= 0.3 is 0 Å². The lowest BCUT2D eigenvalue weighted by Gasteiger charge is -2.35. The smallest absolute Gasteiger partial charge is 0.161 e. The van der Waals surface area contributed by atoms with Crippen LogP contribution >= 0.6 is 11.6 Å². The predicted molar refractivity (Wildman–Crippen MR) is 106 cm³/mol. The highest BCUT2D eigenvalue weighted by Gasteiger charge is 2.34. The molecule has 0 radical (unpaired) electrons. The third kappa shape index (κ3) is 2.99. The van der Waals surface area contributed by atoms with Crippen molar-refractivity contribution in [2.75, 3.05) is 14.2 Å². The third-order valence-electron chi connectivity index (χ3n) is 5.62. The van der Waals surface area contributed by atoms with E-state index < -0.39 is 0 Å². The normalized spacial score (nSPS) is 21.4. The van der Waals surface area contributed by atoms with E-state index in [-0.39, 0.29) is 0 Å². The number of halogens is 1. The van der Waals surface area contributed by atoms with Gasteiger partial charge < -0.3 is 9.47 Å². The van der Waals surface area contributed by atoms with Crippen molar-refractivity contribution in [1.29, 1.82) is 0 Å². The van der Waals surface area contributed by atoms with Crippen molar-refractivity contribution in [1.82, 2.24) is 0 Å². The second-order valence-corrected chi connectivity index (χ2v) is 7.33. The van der Waals surface area contributed by atoms with Crippen LogP contribution in [0.5, 0.6) is 11.5 Å². The maximum atomic E-state index is 5.95. The summed E-state index contributed by atoms with van der Waals surface area (Å²) >= 11 is 5.95. The summed E-state index contributed by atoms with van der Waals surface area (Å²) in [5, 5.41) is 0. The summed E-state index contributed by atoms with van der Waals surface area (Å²) in [4.78, 5) is 5.19. The van der Waals surface area contributed by atoms with Crippen molar-refractivity contribution in [2.24, 2.45) is 4.99 Å². The van der Waals surface area contributed by atoms with Gasteiger partial charge in [0.05, 0.1) is 26.0 Å². The molecule has 2 atom stereocenters. The average Bonchev–Trinajstić information content (AvgIpc) is 2.72. The first-order chi connectivity index (χ1) is 12.7. The van der Waals surface area contributed by atoms with Gasteiger partial charge in [-0.3, -0.25) is 4.99 Å². The maximum Gasteiger partial charge on any atom is 0.161 e. The Morgan fingerprint density at radius 2 is 1.69 bits per heavy atom. The Morgan fingerprint density at radius 1 is 1.00 bits per heavy atom. The van der Waals surface area contributed by atoms with Crippen LogP contribution < -0.4 is 9.47 Å². The number of ether oxygens (including phenoxy) is 2. The van der Waals surface area contributed by atoms with Crippen molar-refractivity contribution < 1.29 is 9.47 Å². The number of alkyl halides is 1. The minimum absolute atomic E-state index is 0.358. The fourth-order valence-electron chi connectivity index (χ4n) is 4.25. The molecule has 0 N–H and O–H groups in total. The summed E-state index contributed by atoms with van der Waals surface area (Å²) in [5.74, 6) is 2.56. The molecule has 2 aliphatic rings. The summed E-state index contributed by atoms with van der Waals surface area (Å²) in [5.41, 5.74) is 5.83. The molecular weight excluding hydrogens is 346 g/mol. The molecule has 0 saturated heterocycles. The summed E-state index contributed by atoms with van der Waals surface area (Å²) in [6, 6.07) is 13.0. The van der Waals surface area contributed by atoms with Gasteiger partial charge in [-0.25, -0.2) is 0 Å². The van der Waals surface area contributed by atoms with E-state index in [2.05, 4.69) is 36.4 Å². The molecule has 1 saturated carbocycles. The van der Waals surface area contributed by atoms with Gasteiger partial charge in [-0.1, -0.05) is 37.1 Å². The van der Waals surface area contributed by atoms with Crippen molar-refractivity contribution in [3.63, 3.8) is 0 Å². The van der Waals surface area contributed by atoms with E-state index in [4.69, 9.17) is 26.1 Å². The largest absolute Gasteiger partial charge is 0.493 e. The lowest BCUT2D eigenvalue weighted by Crippen LogP contribution is -2.29. The molecule has 1 fully saturated rings. The number of rotatable bonds is 4. The van der Waals surface area contributed by atoms with Crippen LogP contribution in [0.1, 0.15) is 53.9 Å². The topological polar surface area (TPSA) is 30.8 Å². The highest BCUT2D eigenvalue weighted by molar-refractivity contribution is 6.17. The highest BCUT2D eigenvalue weighted by atomic mass is 35.5. The molecule has 0 spiro atoms. The molecule has 0 unspecified atom stereocenters. The first-order valence-electron chi connectivity index (χ1n) is 9.24. The zero-order chi connectivity index (χ0) is 18.1. The van der Waals surface area contributed by atoms with Crippen LogP contribution in [-0.4, -0.2) is 26.0 Å². The quantitative estimate of drug-likeness (QED) is 0.683. The Balaban J connectivity index is 1.87. The van der Waals surface area contributed by atoms with Crippen LogP contribution in [-0.2, 0) is 5.88 Å². The van der Waals surface area contributed by atoms with Crippen LogP contribution in [0.15, 0.2) is 41.4 Å². The summed E-state index contributed by atoms with van der Waals surface area (Å²) < 4.78 is 11.1. The zero-order valence-electron chi connectivity index (χ0n) is 15.3. The Labute approximate surface area is 160 Å². The number of hydrogen-bond donors (Lipinski definition) is 0. The Hall–Kier alpha value is -2.00. The molecule has 4 rings (SSSR count). The van der Waals surface area contributed by atoms with E-state index in [9.17, 15) is 0 Å². The number of hydrogen-bond acceptors (Lipinski definition) is 3. The van der Waals surface area contributed by atoms with Crippen molar-refractivity contribution >= 4 is 17.3 Å². The van der Waals surface area contributed by atoms with Crippen LogP contribution in [0.25, 0.3) is 0 Å². The molecule has 0 bridgehead atoms. The van der Waals surface area contributed by atoms with E-state index in [1.165, 1.54) is 30.4 Å². The average molecular weight is 370 g/mol. The molecular formula is C22H24ClNO2. The molecule has 1 aliphatic carbocycles. The van der Waals surface area contributed by atoms with E-state index in [0.29, 0.717) is 17.8 Å². The zero-order valence-corrected chi connectivity index (χ0v) is 16.1. The Morgan fingerprint density at radius 3 is 2.38 bits per heavy atom. The number of nitrogens with zero attached hydrogens (tertiary/aromatic N) is 1. The Bertz CT molecular complexity index is 829. The van der Waals surface area contributed by atoms with Crippen LogP contribution in [0.3, 0.4) is 0 Å². The van der Waals surface area contributed by atoms with Gasteiger partial charge in [-0.05, 0) is 36.1 Å². The lowest BCUT2D eigenvalue weighted by atomic mass is 9.75. The van der Waals surface area contributed by atoms with Gasteiger partial charge in [0.15, 0.2) is 11.5 Å². The fraction of sp³-hybridized carbons (Fsp3) is 0.409. The number of fused-ring (bicyclic) bond motifs is 3. The second-order valence-electron chi connectivity index (χ2n) is 7.06. The molecule has 1 heterocycles. The number of aliphatic imine (C=N–C) groups is 1. The van der Waals surface area contributed by atoms with Gasteiger partial charge in [0.25, 0.3) is 0 Å². The molecule has 4 heteroatoms. The van der Waals surface area contributed by atoms with Gasteiger partial charge in [0.1, 0.15) is 0 Å². The molecule has 0 aromatic heterocycles. The van der Waals surface area contributed by atoms with Crippen LogP contribution in [0, 0.1) is 0 Å². The summed E-state index contributed by atoms with van der Waals surface area (Å²) in [6.07, 6.45) is 4.87. The standard InChI is InChI=1S/C22H24ClNO2/c1-25-20-11-17-16-5-3-4-6-19(16)24-22(18(17)12-21(20)26-2)15-9-7-14(13-23)8-10-15/h7-12,16,19H,3-6,13H2,1-2H3/t16-,19-/m0/s1. The summed E-state index contributed by atoms with van der Waals surface area (Å²) in [6.45, 7) is 0. The van der Waals surface area contributed by atoms with Crippen molar-refractivity contribution in [3.05, 3.63) is 58.7 Å². The third-order valence-corrected chi connectivity index (χ3v) is 5.92. The molecule has 2 aromatic carbocycles. The number of benzene rings is 2. The van der Waals surface area contributed by atoms with E-state index >= 15 is 0 Å². The molecule has 0 amide bonds. The summed E-state index contributed by atoms with van der Waals surface area (Å²) in [7, 11) is 3.38.